The standard InChI is InChI=1S/C11H8N2O4S/c14-8-1-2-10(13(16)17)9(5-8)11(15)12-7-3-4-18-6-7/h1-6,14H,(H,12,15). The first kappa shape index (κ1) is 12.1. The number of phenolic OH excluding ortho intramolecular Hbond substituents is 1. The summed E-state index contributed by atoms with van der Waals surface area (Å²) >= 11 is 1.39. The molecule has 0 aliphatic carbocycles. The molecule has 1 aromatic heterocycles. The monoisotopic (exact) mass is 264 g/mol. The average Bonchev–Trinajstić information content (AvgIpc) is 2.81. The van der Waals surface area contributed by atoms with Gasteiger partial charge in [0.15, 0.2) is 0 Å². The molecule has 0 radical (unpaired) electrons. The predicted octanol–water partition coefficient (Wildman–Crippen LogP) is 2.61. The second kappa shape index (κ2) is 4.84. The van der Waals surface area contributed by atoms with Crippen molar-refractivity contribution in [1.29, 1.82) is 0 Å². The van der Waals surface area contributed by atoms with Gasteiger partial charge >= 0.3 is 0 Å². The number of nitro benzene ring substituents is 1. The van der Waals surface area contributed by atoms with E-state index in [2.05, 4.69) is 5.32 Å². The molecule has 7 heteroatoms. The molecule has 2 rings (SSSR count). The SMILES string of the molecule is O=C(Nc1ccsc1)c1cc(O)ccc1[N+](=O)[O-]. The van der Waals surface area contributed by atoms with Gasteiger partial charge in [-0.2, -0.15) is 11.3 Å². The van der Waals surface area contributed by atoms with E-state index in [-0.39, 0.29) is 17.0 Å². The molecule has 0 fully saturated rings. The van der Waals surface area contributed by atoms with Crippen molar-refractivity contribution >= 4 is 28.6 Å². The number of amides is 1. The predicted molar refractivity (Wildman–Crippen MR) is 67.0 cm³/mol. The summed E-state index contributed by atoms with van der Waals surface area (Å²) in [6.07, 6.45) is 0. The van der Waals surface area contributed by atoms with E-state index in [1.54, 1.807) is 16.8 Å². The zero-order valence-electron chi connectivity index (χ0n) is 8.99. The summed E-state index contributed by atoms with van der Waals surface area (Å²) in [4.78, 5) is 22.0. The molecule has 0 aliphatic rings. The lowest BCUT2D eigenvalue weighted by atomic mass is 10.1. The van der Waals surface area contributed by atoms with Gasteiger partial charge in [0, 0.05) is 11.4 Å². The fraction of sp³-hybridized carbons (Fsp3) is 0. The van der Waals surface area contributed by atoms with Crippen molar-refractivity contribution in [3.63, 3.8) is 0 Å². The third kappa shape index (κ3) is 2.46. The van der Waals surface area contributed by atoms with Crippen LogP contribution >= 0.6 is 11.3 Å². The highest BCUT2D eigenvalue weighted by molar-refractivity contribution is 7.08. The van der Waals surface area contributed by atoms with E-state index in [4.69, 9.17) is 0 Å². The highest BCUT2D eigenvalue weighted by atomic mass is 32.1. The Kier molecular flexibility index (Phi) is 3.24. The Morgan fingerprint density at radius 1 is 1.39 bits per heavy atom. The number of nitrogens with zero attached hydrogens (tertiary/aromatic N) is 1. The molecule has 1 heterocycles. The quantitative estimate of drug-likeness (QED) is 0.658. The summed E-state index contributed by atoms with van der Waals surface area (Å²) < 4.78 is 0. The minimum atomic E-state index is -0.665. The molecule has 6 nitrogen and oxygen atoms in total. The van der Waals surface area contributed by atoms with Crippen LogP contribution in [0.5, 0.6) is 5.75 Å². The number of rotatable bonds is 3. The number of phenols is 1. The van der Waals surface area contributed by atoms with Gasteiger partial charge in [0.05, 0.1) is 10.6 Å². The number of thiophene rings is 1. The van der Waals surface area contributed by atoms with Crippen LogP contribution in [0.1, 0.15) is 10.4 Å². The van der Waals surface area contributed by atoms with Gasteiger partial charge in [-0.3, -0.25) is 14.9 Å². The number of nitro groups is 1. The van der Waals surface area contributed by atoms with Gasteiger partial charge in [-0.15, -0.1) is 0 Å². The normalized spacial score (nSPS) is 10.0. The molecule has 2 N–H and O–H groups in total. The maximum absolute atomic E-state index is 11.9. The van der Waals surface area contributed by atoms with Crippen molar-refractivity contribution in [2.75, 3.05) is 5.32 Å². The summed E-state index contributed by atoms with van der Waals surface area (Å²) in [6, 6.07) is 5.01. The minimum Gasteiger partial charge on any atom is -0.508 e. The number of carbonyl (C=O) groups is 1. The maximum atomic E-state index is 11.9. The van der Waals surface area contributed by atoms with Crippen LogP contribution in [0.25, 0.3) is 0 Å². The van der Waals surface area contributed by atoms with Crippen molar-refractivity contribution in [3.8, 4) is 5.75 Å². The Labute approximate surface area is 106 Å². The molecule has 0 saturated carbocycles. The lowest BCUT2D eigenvalue weighted by Crippen LogP contribution is -2.13. The van der Waals surface area contributed by atoms with Crippen LogP contribution in [-0.4, -0.2) is 15.9 Å². The molecule has 1 amide bonds. The zero-order valence-corrected chi connectivity index (χ0v) is 9.81. The molecule has 0 bridgehead atoms. The molecule has 18 heavy (non-hydrogen) atoms. The fourth-order valence-corrected chi connectivity index (χ4v) is 1.99. The van der Waals surface area contributed by atoms with Crippen molar-refractivity contribution < 1.29 is 14.8 Å². The number of anilines is 1. The number of hydrogen-bond acceptors (Lipinski definition) is 5. The van der Waals surface area contributed by atoms with Crippen LogP contribution in [0.2, 0.25) is 0 Å². The lowest BCUT2D eigenvalue weighted by Gasteiger charge is -2.04. The van der Waals surface area contributed by atoms with Crippen LogP contribution in [0, 0.1) is 10.1 Å². The Morgan fingerprint density at radius 2 is 2.17 bits per heavy atom. The van der Waals surface area contributed by atoms with Gasteiger partial charge in [0.2, 0.25) is 0 Å². The Balaban J connectivity index is 2.34. The molecule has 0 atom stereocenters. The van der Waals surface area contributed by atoms with Crippen LogP contribution in [-0.2, 0) is 0 Å². The Hall–Kier alpha value is -2.41. The smallest absolute Gasteiger partial charge is 0.282 e. The number of aromatic hydroxyl groups is 1. The van der Waals surface area contributed by atoms with E-state index < -0.39 is 10.8 Å². The molecular formula is C11H8N2O4S. The van der Waals surface area contributed by atoms with Crippen molar-refractivity contribution in [2.45, 2.75) is 0 Å². The molecule has 0 aliphatic heterocycles. The first-order valence-electron chi connectivity index (χ1n) is 4.89. The lowest BCUT2D eigenvalue weighted by molar-refractivity contribution is -0.385. The molecule has 2 aromatic rings. The van der Waals surface area contributed by atoms with Crippen LogP contribution in [0.4, 0.5) is 11.4 Å². The van der Waals surface area contributed by atoms with Crippen LogP contribution in [0.3, 0.4) is 0 Å². The van der Waals surface area contributed by atoms with Gasteiger partial charge in [-0.25, -0.2) is 0 Å². The zero-order chi connectivity index (χ0) is 13.1. The van der Waals surface area contributed by atoms with E-state index >= 15 is 0 Å². The second-order valence-electron chi connectivity index (χ2n) is 3.42. The van der Waals surface area contributed by atoms with E-state index in [9.17, 15) is 20.0 Å². The average molecular weight is 264 g/mol. The second-order valence-corrected chi connectivity index (χ2v) is 4.20. The third-order valence-corrected chi connectivity index (χ3v) is 2.88. The van der Waals surface area contributed by atoms with Crippen molar-refractivity contribution in [3.05, 3.63) is 50.7 Å². The van der Waals surface area contributed by atoms with E-state index in [0.29, 0.717) is 5.69 Å². The summed E-state index contributed by atoms with van der Waals surface area (Å²) in [5, 5.41) is 26.1. The molecule has 0 spiro atoms. The topological polar surface area (TPSA) is 92.5 Å². The van der Waals surface area contributed by atoms with E-state index in [0.717, 1.165) is 12.1 Å². The number of hydrogen-bond donors (Lipinski definition) is 2. The molecular weight excluding hydrogens is 256 g/mol. The van der Waals surface area contributed by atoms with Crippen molar-refractivity contribution in [2.24, 2.45) is 0 Å². The summed E-state index contributed by atoms with van der Waals surface area (Å²) in [6.45, 7) is 0. The molecule has 0 unspecified atom stereocenters. The minimum absolute atomic E-state index is 0.175. The molecule has 92 valence electrons. The van der Waals surface area contributed by atoms with Gasteiger partial charge in [-0.05, 0) is 23.6 Å². The first-order chi connectivity index (χ1) is 8.58. The van der Waals surface area contributed by atoms with Crippen molar-refractivity contribution in [1.82, 2.24) is 0 Å². The van der Waals surface area contributed by atoms with E-state index in [1.807, 2.05) is 0 Å². The summed E-state index contributed by atoms with van der Waals surface area (Å²) in [7, 11) is 0. The number of nitrogens with one attached hydrogen (secondary N) is 1. The number of benzene rings is 1. The van der Waals surface area contributed by atoms with Gasteiger partial charge < -0.3 is 10.4 Å². The molecule has 1 aromatic carbocycles. The summed E-state index contributed by atoms with van der Waals surface area (Å²) in [5.41, 5.74) is 0.0365. The van der Waals surface area contributed by atoms with Crippen LogP contribution in [0.15, 0.2) is 35.0 Å². The van der Waals surface area contributed by atoms with Crippen LogP contribution < -0.4 is 5.32 Å². The highest BCUT2D eigenvalue weighted by Gasteiger charge is 2.20. The summed E-state index contributed by atoms with van der Waals surface area (Å²) in [5.74, 6) is -0.827. The third-order valence-electron chi connectivity index (χ3n) is 2.20. The van der Waals surface area contributed by atoms with Gasteiger partial charge in [0.25, 0.3) is 11.6 Å². The van der Waals surface area contributed by atoms with Gasteiger partial charge in [0.1, 0.15) is 11.3 Å². The highest BCUT2D eigenvalue weighted by Crippen LogP contribution is 2.24. The Bertz CT molecular complexity index is 595. The largest absolute Gasteiger partial charge is 0.508 e. The maximum Gasteiger partial charge on any atom is 0.282 e. The molecule has 0 saturated heterocycles. The first-order valence-corrected chi connectivity index (χ1v) is 5.83. The van der Waals surface area contributed by atoms with E-state index in [1.165, 1.54) is 17.4 Å². The Morgan fingerprint density at radius 3 is 2.78 bits per heavy atom. The van der Waals surface area contributed by atoms with Gasteiger partial charge in [-0.1, -0.05) is 0 Å². The number of carbonyl (C=O) groups excluding carboxylic acids is 1. The fourth-order valence-electron chi connectivity index (χ4n) is 1.40.